The van der Waals surface area contributed by atoms with Crippen molar-refractivity contribution in [3.8, 4) is 0 Å². The minimum atomic E-state index is -0.468. The molecule has 0 aromatic heterocycles. The van der Waals surface area contributed by atoms with Crippen molar-refractivity contribution in [2.45, 2.75) is 33.8 Å². The van der Waals surface area contributed by atoms with Gasteiger partial charge in [-0.3, -0.25) is 0 Å². The van der Waals surface area contributed by atoms with Gasteiger partial charge in [0.15, 0.2) is 0 Å². The molecule has 3 heteroatoms. The SMILES string of the molecule is Cc1ccc(NCC(O)COCC(C)C)c(C)c1. The Labute approximate surface area is 110 Å². The summed E-state index contributed by atoms with van der Waals surface area (Å²) >= 11 is 0. The minimum Gasteiger partial charge on any atom is -0.389 e. The molecule has 0 aliphatic heterocycles. The zero-order valence-corrected chi connectivity index (χ0v) is 11.9. The fourth-order valence-corrected chi connectivity index (χ4v) is 1.74. The first-order chi connectivity index (χ1) is 8.49. The lowest BCUT2D eigenvalue weighted by molar-refractivity contribution is 0.0318. The van der Waals surface area contributed by atoms with Crippen molar-refractivity contribution in [3.63, 3.8) is 0 Å². The van der Waals surface area contributed by atoms with Crippen LogP contribution in [-0.2, 0) is 4.74 Å². The van der Waals surface area contributed by atoms with Crippen molar-refractivity contribution in [1.29, 1.82) is 0 Å². The maximum Gasteiger partial charge on any atom is 0.0945 e. The standard InChI is InChI=1S/C15H25NO2/c1-11(2)9-18-10-14(17)8-16-15-6-5-12(3)7-13(15)4/h5-7,11,14,16-17H,8-10H2,1-4H3. The van der Waals surface area contributed by atoms with Crippen LogP contribution < -0.4 is 5.32 Å². The zero-order chi connectivity index (χ0) is 13.5. The molecule has 0 radical (unpaired) electrons. The Kier molecular flexibility index (Phi) is 6.16. The van der Waals surface area contributed by atoms with Gasteiger partial charge in [0.1, 0.15) is 0 Å². The van der Waals surface area contributed by atoms with Crippen LogP contribution >= 0.6 is 0 Å². The number of hydrogen-bond donors (Lipinski definition) is 2. The van der Waals surface area contributed by atoms with E-state index in [2.05, 4.69) is 45.1 Å². The normalized spacial score (nSPS) is 12.8. The molecular formula is C15H25NO2. The Bertz CT molecular complexity index is 364. The van der Waals surface area contributed by atoms with Gasteiger partial charge in [-0.25, -0.2) is 0 Å². The Balaban J connectivity index is 2.31. The molecule has 1 atom stereocenters. The summed E-state index contributed by atoms with van der Waals surface area (Å²) in [5, 5.41) is 13.0. The van der Waals surface area contributed by atoms with Crippen molar-refractivity contribution in [3.05, 3.63) is 29.3 Å². The van der Waals surface area contributed by atoms with Crippen molar-refractivity contribution in [1.82, 2.24) is 0 Å². The zero-order valence-electron chi connectivity index (χ0n) is 11.9. The molecule has 0 heterocycles. The summed E-state index contributed by atoms with van der Waals surface area (Å²) in [6.45, 7) is 9.93. The predicted octanol–water partition coefficient (Wildman–Crippen LogP) is 2.75. The van der Waals surface area contributed by atoms with Crippen molar-refractivity contribution in [2.24, 2.45) is 5.92 Å². The van der Waals surface area contributed by atoms with Gasteiger partial charge < -0.3 is 15.2 Å². The monoisotopic (exact) mass is 251 g/mol. The predicted molar refractivity (Wildman–Crippen MR) is 76.1 cm³/mol. The molecule has 0 aliphatic carbocycles. The number of aliphatic hydroxyl groups excluding tert-OH is 1. The maximum atomic E-state index is 9.78. The molecule has 3 nitrogen and oxygen atoms in total. The second-order valence-electron chi connectivity index (χ2n) is 5.28. The van der Waals surface area contributed by atoms with Crippen LogP contribution in [0.1, 0.15) is 25.0 Å². The van der Waals surface area contributed by atoms with Crippen LogP contribution in [0.5, 0.6) is 0 Å². The van der Waals surface area contributed by atoms with Gasteiger partial charge in [0.2, 0.25) is 0 Å². The van der Waals surface area contributed by atoms with Crippen LogP contribution in [0.4, 0.5) is 5.69 Å². The number of aliphatic hydroxyl groups is 1. The highest BCUT2D eigenvalue weighted by Crippen LogP contribution is 2.15. The molecule has 0 amide bonds. The summed E-state index contributed by atoms with van der Waals surface area (Å²) in [6, 6.07) is 6.24. The average Bonchev–Trinajstić information content (AvgIpc) is 2.27. The number of anilines is 1. The topological polar surface area (TPSA) is 41.5 Å². The van der Waals surface area contributed by atoms with Crippen LogP contribution in [0.2, 0.25) is 0 Å². The van der Waals surface area contributed by atoms with E-state index in [0.717, 1.165) is 5.69 Å². The van der Waals surface area contributed by atoms with Crippen molar-refractivity contribution in [2.75, 3.05) is 25.1 Å². The molecule has 0 fully saturated rings. The van der Waals surface area contributed by atoms with Gasteiger partial charge in [0.05, 0.1) is 12.7 Å². The largest absolute Gasteiger partial charge is 0.389 e. The Hall–Kier alpha value is -1.06. The van der Waals surface area contributed by atoms with Crippen LogP contribution in [0.25, 0.3) is 0 Å². The number of benzene rings is 1. The Morgan fingerprint density at radius 2 is 1.94 bits per heavy atom. The van der Waals surface area contributed by atoms with Gasteiger partial charge in [-0.05, 0) is 31.4 Å². The van der Waals surface area contributed by atoms with Crippen molar-refractivity contribution < 1.29 is 9.84 Å². The lowest BCUT2D eigenvalue weighted by Crippen LogP contribution is -2.25. The maximum absolute atomic E-state index is 9.78. The highest BCUT2D eigenvalue weighted by atomic mass is 16.5. The minimum absolute atomic E-state index is 0.385. The Morgan fingerprint density at radius 3 is 2.56 bits per heavy atom. The quantitative estimate of drug-likeness (QED) is 0.783. The first-order valence-electron chi connectivity index (χ1n) is 6.56. The molecule has 2 N–H and O–H groups in total. The number of nitrogens with one attached hydrogen (secondary N) is 1. The van der Waals surface area contributed by atoms with Crippen LogP contribution in [-0.4, -0.2) is 31.0 Å². The molecule has 0 bridgehead atoms. The van der Waals surface area contributed by atoms with E-state index in [1.165, 1.54) is 11.1 Å². The molecule has 0 aliphatic rings. The van der Waals surface area contributed by atoms with Gasteiger partial charge in [-0.1, -0.05) is 31.5 Å². The lowest BCUT2D eigenvalue weighted by atomic mass is 10.1. The number of ether oxygens (including phenoxy) is 1. The summed E-state index contributed by atoms with van der Waals surface area (Å²) in [5.74, 6) is 0.504. The number of aryl methyl sites for hydroxylation is 2. The van der Waals surface area contributed by atoms with Gasteiger partial charge in [-0.2, -0.15) is 0 Å². The molecule has 1 unspecified atom stereocenters. The molecule has 102 valence electrons. The summed E-state index contributed by atoms with van der Waals surface area (Å²) in [4.78, 5) is 0. The van der Waals surface area contributed by atoms with E-state index in [9.17, 15) is 5.11 Å². The van der Waals surface area contributed by atoms with Gasteiger partial charge >= 0.3 is 0 Å². The van der Waals surface area contributed by atoms with Crippen molar-refractivity contribution >= 4 is 5.69 Å². The van der Waals surface area contributed by atoms with Gasteiger partial charge in [0.25, 0.3) is 0 Å². The van der Waals surface area contributed by atoms with E-state index in [4.69, 9.17) is 4.74 Å². The van der Waals surface area contributed by atoms with E-state index in [-0.39, 0.29) is 0 Å². The van der Waals surface area contributed by atoms with Crippen LogP contribution in [0, 0.1) is 19.8 Å². The molecular weight excluding hydrogens is 226 g/mol. The molecule has 0 saturated heterocycles. The van der Waals surface area contributed by atoms with Gasteiger partial charge in [-0.15, -0.1) is 0 Å². The first kappa shape index (κ1) is 15.0. The molecule has 18 heavy (non-hydrogen) atoms. The van der Waals surface area contributed by atoms with E-state index in [1.807, 2.05) is 6.07 Å². The lowest BCUT2D eigenvalue weighted by Gasteiger charge is -2.15. The number of rotatable bonds is 7. The average molecular weight is 251 g/mol. The molecule has 0 spiro atoms. The first-order valence-corrected chi connectivity index (χ1v) is 6.56. The van der Waals surface area contributed by atoms with E-state index >= 15 is 0 Å². The third-order valence-electron chi connectivity index (χ3n) is 2.67. The summed E-state index contributed by atoms with van der Waals surface area (Å²) in [7, 11) is 0. The fraction of sp³-hybridized carbons (Fsp3) is 0.600. The molecule has 1 rings (SSSR count). The third kappa shape index (κ3) is 5.52. The molecule has 1 aromatic rings. The summed E-state index contributed by atoms with van der Waals surface area (Å²) in [6.07, 6.45) is -0.468. The molecule has 0 saturated carbocycles. The van der Waals surface area contributed by atoms with E-state index in [1.54, 1.807) is 0 Å². The highest BCUT2D eigenvalue weighted by Gasteiger charge is 2.06. The Morgan fingerprint density at radius 1 is 1.22 bits per heavy atom. The third-order valence-corrected chi connectivity index (χ3v) is 2.67. The smallest absolute Gasteiger partial charge is 0.0945 e. The highest BCUT2D eigenvalue weighted by molar-refractivity contribution is 5.51. The number of hydrogen-bond acceptors (Lipinski definition) is 3. The van der Waals surface area contributed by atoms with E-state index < -0.39 is 6.10 Å². The van der Waals surface area contributed by atoms with E-state index in [0.29, 0.717) is 25.7 Å². The second-order valence-corrected chi connectivity index (χ2v) is 5.28. The second kappa shape index (κ2) is 7.39. The van der Waals surface area contributed by atoms with Crippen LogP contribution in [0.3, 0.4) is 0 Å². The fourth-order valence-electron chi connectivity index (χ4n) is 1.74. The van der Waals surface area contributed by atoms with Crippen LogP contribution in [0.15, 0.2) is 18.2 Å². The summed E-state index contributed by atoms with van der Waals surface area (Å²) < 4.78 is 5.40. The summed E-state index contributed by atoms with van der Waals surface area (Å²) in [5.41, 5.74) is 3.52. The molecule has 1 aromatic carbocycles. The van der Waals surface area contributed by atoms with Gasteiger partial charge in [0, 0.05) is 18.8 Å².